The summed E-state index contributed by atoms with van der Waals surface area (Å²) in [5.41, 5.74) is -0.522. The van der Waals surface area contributed by atoms with E-state index < -0.39 is 5.60 Å². The van der Waals surface area contributed by atoms with Crippen LogP contribution in [0.1, 0.15) is 38.5 Å². The zero-order valence-corrected chi connectivity index (χ0v) is 7.63. The van der Waals surface area contributed by atoms with E-state index in [-0.39, 0.29) is 0 Å². The van der Waals surface area contributed by atoms with Gasteiger partial charge in [-0.1, -0.05) is 6.08 Å². The summed E-state index contributed by atoms with van der Waals surface area (Å²) in [4.78, 5) is 0. The molecule has 2 fully saturated rings. The molecule has 0 bridgehead atoms. The van der Waals surface area contributed by atoms with E-state index in [2.05, 4.69) is 6.58 Å². The summed E-state index contributed by atoms with van der Waals surface area (Å²) in [6.07, 6.45) is 8.97. The van der Waals surface area contributed by atoms with Gasteiger partial charge in [-0.2, -0.15) is 0 Å². The van der Waals surface area contributed by atoms with Crippen LogP contribution in [0.3, 0.4) is 0 Å². The maximum atomic E-state index is 10.0. The Hall–Kier alpha value is -0.300. The lowest BCUT2D eigenvalue weighted by Crippen LogP contribution is -2.33. The first-order chi connectivity index (χ1) is 5.73. The van der Waals surface area contributed by atoms with E-state index in [1.54, 1.807) is 6.08 Å². The molecule has 2 aliphatic rings. The van der Waals surface area contributed by atoms with E-state index >= 15 is 0 Å². The van der Waals surface area contributed by atoms with Crippen molar-refractivity contribution >= 4 is 0 Å². The monoisotopic (exact) mass is 166 g/mol. The van der Waals surface area contributed by atoms with Gasteiger partial charge in [-0.05, 0) is 50.4 Å². The molecule has 2 aliphatic carbocycles. The molecule has 68 valence electrons. The molecule has 0 aromatic heterocycles. The third kappa shape index (κ3) is 1.56. The minimum atomic E-state index is -0.522. The van der Waals surface area contributed by atoms with Crippen molar-refractivity contribution in [2.24, 2.45) is 11.8 Å². The van der Waals surface area contributed by atoms with Gasteiger partial charge in [-0.15, -0.1) is 6.58 Å². The zero-order valence-electron chi connectivity index (χ0n) is 7.63. The SMILES string of the molecule is C=CC1(O)CCCC(C2CC2)C1. The van der Waals surface area contributed by atoms with Crippen LogP contribution < -0.4 is 0 Å². The van der Waals surface area contributed by atoms with Gasteiger partial charge in [0.1, 0.15) is 0 Å². The van der Waals surface area contributed by atoms with Gasteiger partial charge in [0.25, 0.3) is 0 Å². The van der Waals surface area contributed by atoms with Gasteiger partial charge in [-0.25, -0.2) is 0 Å². The fourth-order valence-electron chi connectivity index (χ4n) is 2.48. The number of hydrogen-bond acceptors (Lipinski definition) is 1. The molecule has 1 heteroatoms. The van der Waals surface area contributed by atoms with Crippen molar-refractivity contribution in [3.05, 3.63) is 12.7 Å². The molecule has 0 radical (unpaired) electrons. The average Bonchev–Trinajstić information content (AvgIpc) is 2.87. The predicted molar refractivity (Wildman–Crippen MR) is 49.8 cm³/mol. The maximum absolute atomic E-state index is 10.0. The molecule has 2 atom stereocenters. The topological polar surface area (TPSA) is 20.2 Å². The summed E-state index contributed by atoms with van der Waals surface area (Å²) in [7, 11) is 0. The van der Waals surface area contributed by atoms with Crippen molar-refractivity contribution in [1.82, 2.24) is 0 Å². The van der Waals surface area contributed by atoms with E-state index in [1.165, 1.54) is 25.7 Å². The Morgan fingerprint density at radius 2 is 2.00 bits per heavy atom. The molecule has 0 aromatic rings. The Morgan fingerprint density at radius 1 is 1.25 bits per heavy atom. The largest absolute Gasteiger partial charge is 0.386 e. The molecule has 1 N–H and O–H groups in total. The zero-order chi connectivity index (χ0) is 8.60. The summed E-state index contributed by atoms with van der Waals surface area (Å²) < 4.78 is 0. The Labute approximate surface area is 74.5 Å². The van der Waals surface area contributed by atoms with Crippen LogP contribution >= 0.6 is 0 Å². The molecule has 0 spiro atoms. The van der Waals surface area contributed by atoms with Crippen molar-refractivity contribution in [3.8, 4) is 0 Å². The second-order valence-corrected chi connectivity index (χ2v) is 4.50. The molecule has 2 unspecified atom stereocenters. The molecule has 2 rings (SSSR count). The number of aliphatic hydroxyl groups is 1. The Balaban J connectivity index is 1.97. The van der Waals surface area contributed by atoms with Crippen molar-refractivity contribution in [2.45, 2.75) is 44.1 Å². The highest BCUT2D eigenvalue weighted by Gasteiger charge is 2.39. The first-order valence-electron chi connectivity index (χ1n) is 5.09. The Kier molecular flexibility index (Phi) is 1.99. The van der Waals surface area contributed by atoms with Gasteiger partial charge < -0.3 is 5.11 Å². The maximum Gasteiger partial charge on any atom is 0.0827 e. The highest BCUT2D eigenvalue weighted by Crippen LogP contribution is 2.46. The van der Waals surface area contributed by atoms with Crippen LogP contribution in [0.5, 0.6) is 0 Å². The van der Waals surface area contributed by atoms with Gasteiger partial charge >= 0.3 is 0 Å². The highest BCUT2D eigenvalue weighted by atomic mass is 16.3. The van der Waals surface area contributed by atoms with Crippen LogP contribution in [0.4, 0.5) is 0 Å². The van der Waals surface area contributed by atoms with Gasteiger partial charge in [0.2, 0.25) is 0 Å². The number of hydrogen-bond donors (Lipinski definition) is 1. The molecule has 1 nitrogen and oxygen atoms in total. The van der Waals surface area contributed by atoms with Gasteiger partial charge in [-0.3, -0.25) is 0 Å². The fourth-order valence-corrected chi connectivity index (χ4v) is 2.48. The van der Waals surface area contributed by atoms with Crippen molar-refractivity contribution in [3.63, 3.8) is 0 Å². The van der Waals surface area contributed by atoms with Gasteiger partial charge in [0.15, 0.2) is 0 Å². The first-order valence-corrected chi connectivity index (χ1v) is 5.09. The van der Waals surface area contributed by atoms with E-state index in [9.17, 15) is 5.11 Å². The van der Waals surface area contributed by atoms with Crippen LogP contribution in [0.25, 0.3) is 0 Å². The lowest BCUT2D eigenvalue weighted by molar-refractivity contribution is 0.0234. The minimum absolute atomic E-state index is 0.522. The standard InChI is InChI=1S/C11H18O/c1-2-11(12)7-3-4-10(8-11)9-5-6-9/h2,9-10,12H,1,3-8H2. The van der Waals surface area contributed by atoms with Crippen LogP contribution in [-0.4, -0.2) is 10.7 Å². The lowest BCUT2D eigenvalue weighted by atomic mass is 9.76. The Bertz CT molecular complexity index is 183. The van der Waals surface area contributed by atoms with Crippen LogP contribution in [0.15, 0.2) is 12.7 Å². The van der Waals surface area contributed by atoms with Gasteiger partial charge in [0, 0.05) is 0 Å². The van der Waals surface area contributed by atoms with E-state index in [0.29, 0.717) is 0 Å². The van der Waals surface area contributed by atoms with Crippen molar-refractivity contribution in [1.29, 1.82) is 0 Å². The molecule has 0 heterocycles. The van der Waals surface area contributed by atoms with E-state index in [0.717, 1.165) is 24.7 Å². The molecule has 0 aromatic carbocycles. The van der Waals surface area contributed by atoms with Crippen molar-refractivity contribution in [2.75, 3.05) is 0 Å². The quantitative estimate of drug-likeness (QED) is 0.625. The Morgan fingerprint density at radius 3 is 2.58 bits per heavy atom. The third-order valence-corrected chi connectivity index (χ3v) is 3.47. The molecule has 0 saturated heterocycles. The third-order valence-electron chi connectivity index (χ3n) is 3.47. The second-order valence-electron chi connectivity index (χ2n) is 4.50. The van der Waals surface area contributed by atoms with Crippen LogP contribution in [0.2, 0.25) is 0 Å². The smallest absolute Gasteiger partial charge is 0.0827 e. The molecule has 12 heavy (non-hydrogen) atoms. The molecule has 0 amide bonds. The van der Waals surface area contributed by atoms with Crippen LogP contribution in [0, 0.1) is 11.8 Å². The molecular weight excluding hydrogens is 148 g/mol. The van der Waals surface area contributed by atoms with E-state index in [4.69, 9.17) is 0 Å². The summed E-state index contributed by atoms with van der Waals surface area (Å²) in [5.74, 6) is 1.73. The van der Waals surface area contributed by atoms with Crippen LogP contribution in [-0.2, 0) is 0 Å². The van der Waals surface area contributed by atoms with Gasteiger partial charge in [0.05, 0.1) is 5.60 Å². The highest BCUT2D eigenvalue weighted by molar-refractivity contribution is 5.01. The average molecular weight is 166 g/mol. The molecule has 2 saturated carbocycles. The summed E-state index contributed by atoms with van der Waals surface area (Å²) >= 11 is 0. The normalized spacial score (nSPS) is 42.6. The number of rotatable bonds is 2. The van der Waals surface area contributed by atoms with Crippen molar-refractivity contribution < 1.29 is 5.11 Å². The second kappa shape index (κ2) is 2.88. The molecule has 0 aliphatic heterocycles. The summed E-state index contributed by atoms with van der Waals surface area (Å²) in [6.45, 7) is 3.72. The minimum Gasteiger partial charge on any atom is -0.386 e. The first kappa shape index (κ1) is 8.31. The van der Waals surface area contributed by atoms with E-state index in [1.807, 2.05) is 0 Å². The fraction of sp³-hybridized carbons (Fsp3) is 0.818. The summed E-state index contributed by atoms with van der Waals surface area (Å²) in [5, 5.41) is 10.0. The lowest BCUT2D eigenvalue weighted by Gasteiger charge is -2.34. The predicted octanol–water partition coefficient (Wildman–Crippen LogP) is 2.50. The molecular formula is C11H18O. The summed E-state index contributed by atoms with van der Waals surface area (Å²) in [6, 6.07) is 0.